The Balaban J connectivity index is 1.74. The molecule has 0 spiro atoms. The molecule has 0 aliphatic carbocycles. The van der Waals surface area contributed by atoms with E-state index in [2.05, 4.69) is 5.32 Å². The second-order valence-corrected chi connectivity index (χ2v) is 7.75. The highest BCUT2D eigenvalue weighted by Gasteiger charge is 2.37. The molecule has 166 valence electrons. The number of aliphatic hydroxyl groups excluding tert-OH is 1. The van der Waals surface area contributed by atoms with E-state index >= 15 is 0 Å². The highest BCUT2D eigenvalue weighted by atomic mass is 19.1. The van der Waals surface area contributed by atoms with Gasteiger partial charge in [0.1, 0.15) is 18.5 Å². The number of aliphatic hydroxyl groups is 1. The maximum atomic E-state index is 13.2. The van der Waals surface area contributed by atoms with Crippen molar-refractivity contribution in [3.63, 3.8) is 0 Å². The lowest BCUT2D eigenvalue weighted by atomic mass is 9.98. The van der Waals surface area contributed by atoms with Gasteiger partial charge in [-0.05, 0) is 48.2 Å². The van der Waals surface area contributed by atoms with E-state index in [0.29, 0.717) is 5.69 Å². The molecule has 2 atom stereocenters. The minimum absolute atomic E-state index is 0.00373. The summed E-state index contributed by atoms with van der Waals surface area (Å²) in [6, 6.07) is 12.6. The molecule has 3 rings (SSSR count). The van der Waals surface area contributed by atoms with Gasteiger partial charge in [0, 0.05) is 18.2 Å². The Hall–Kier alpha value is -2.77. The summed E-state index contributed by atoms with van der Waals surface area (Å²) in [4.78, 5) is 26.3. The van der Waals surface area contributed by atoms with Gasteiger partial charge >= 0.3 is 0 Å². The maximum Gasteiger partial charge on any atom is 0.249 e. The van der Waals surface area contributed by atoms with Gasteiger partial charge in [0.15, 0.2) is 0 Å². The van der Waals surface area contributed by atoms with Crippen LogP contribution in [-0.4, -0.2) is 41.1 Å². The number of halogens is 1. The molecule has 6 nitrogen and oxygen atoms in total. The molecule has 2 N–H and O–H groups in total. The lowest BCUT2D eigenvalue weighted by molar-refractivity contribution is -0.162. The van der Waals surface area contributed by atoms with Crippen molar-refractivity contribution in [2.24, 2.45) is 5.92 Å². The van der Waals surface area contributed by atoms with Crippen LogP contribution < -0.4 is 5.32 Å². The first-order chi connectivity index (χ1) is 15.0. The molecular weight excluding hydrogens is 399 g/mol. The third-order valence-electron chi connectivity index (χ3n) is 5.77. The number of rotatable bonds is 8. The van der Waals surface area contributed by atoms with E-state index in [0.717, 1.165) is 24.0 Å². The monoisotopic (exact) mass is 428 g/mol. The topological polar surface area (TPSA) is 78.9 Å². The van der Waals surface area contributed by atoms with E-state index in [4.69, 9.17) is 4.74 Å². The van der Waals surface area contributed by atoms with Crippen LogP contribution >= 0.6 is 0 Å². The standard InChI is InChI=1S/C24H29FN2O4/c1-3-17(4-2)24(30)26-20-11-7-18(8-12-20)23-21(14-28)27(22(29)15-31-23)13-16-5-9-19(25)10-6-16/h5-12,17,21,23,28H,3-4,13-15H2,1-2H3,(H,26,30). The smallest absolute Gasteiger partial charge is 0.249 e. The molecule has 0 aromatic heterocycles. The number of nitrogens with zero attached hydrogens (tertiary/aromatic N) is 1. The van der Waals surface area contributed by atoms with Gasteiger partial charge in [0.25, 0.3) is 0 Å². The molecule has 1 saturated heterocycles. The molecule has 1 aliphatic heterocycles. The van der Waals surface area contributed by atoms with Crippen LogP contribution in [0.3, 0.4) is 0 Å². The number of amides is 2. The first kappa shape index (κ1) is 22.9. The first-order valence-electron chi connectivity index (χ1n) is 10.6. The zero-order chi connectivity index (χ0) is 22.4. The lowest BCUT2D eigenvalue weighted by Gasteiger charge is -2.40. The van der Waals surface area contributed by atoms with Crippen LogP contribution in [0.4, 0.5) is 10.1 Å². The average Bonchev–Trinajstić information content (AvgIpc) is 2.78. The van der Waals surface area contributed by atoms with Crippen molar-refractivity contribution >= 4 is 17.5 Å². The Bertz CT molecular complexity index is 881. The zero-order valence-corrected chi connectivity index (χ0v) is 17.9. The largest absolute Gasteiger partial charge is 0.394 e. The number of benzene rings is 2. The average molecular weight is 429 g/mol. The molecule has 7 heteroatoms. The number of morpholine rings is 1. The maximum absolute atomic E-state index is 13.2. The highest BCUT2D eigenvalue weighted by molar-refractivity contribution is 5.92. The van der Waals surface area contributed by atoms with Gasteiger partial charge in [-0.25, -0.2) is 4.39 Å². The van der Waals surface area contributed by atoms with Gasteiger partial charge in [-0.1, -0.05) is 38.1 Å². The summed E-state index contributed by atoms with van der Waals surface area (Å²) in [5.41, 5.74) is 2.26. The van der Waals surface area contributed by atoms with Crippen molar-refractivity contribution in [3.05, 3.63) is 65.5 Å². The summed E-state index contributed by atoms with van der Waals surface area (Å²) in [5.74, 6) is -0.596. The molecule has 1 aliphatic rings. The molecule has 1 fully saturated rings. The van der Waals surface area contributed by atoms with Crippen LogP contribution in [0.5, 0.6) is 0 Å². The van der Waals surface area contributed by atoms with E-state index in [1.54, 1.807) is 29.2 Å². The van der Waals surface area contributed by atoms with Crippen LogP contribution in [-0.2, 0) is 20.9 Å². The first-order valence-corrected chi connectivity index (χ1v) is 10.6. The van der Waals surface area contributed by atoms with Crippen molar-refractivity contribution in [3.8, 4) is 0 Å². The lowest BCUT2D eigenvalue weighted by Crippen LogP contribution is -2.52. The summed E-state index contributed by atoms with van der Waals surface area (Å²) < 4.78 is 19.0. The van der Waals surface area contributed by atoms with Crippen molar-refractivity contribution in [1.29, 1.82) is 0 Å². The fourth-order valence-corrected chi connectivity index (χ4v) is 3.87. The van der Waals surface area contributed by atoms with Gasteiger partial charge in [-0.2, -0.15) is 0 Å². The molecule has 0 radical (unpaired) electrons. The van der Waals surface area contributed by atoms with Crippen LogP contribution in [0.25, 0.3) is 0 Å². The Morgan fingerprint density at radius 3 is 2.39 bits per heavy atom. The van der Waals surface area contributed by atoms with Gasteiger partial charge < -0.3 is 20.1 Å². The third kappa shape index (κ3) is 5.48. The second kappa shape index (κ2) is 10.5. The fraction of sp³-hybridized carbons (Fsp3) is 0.417. The molecule has 0 saturated carbocycles. The number of hydrogen-bond acceptors (Lipinski definition) is 4. The number of anilines is 1. The second-order valence-electron chi connectivity index (χ2n) is 7.75. The number of ether oxygens (including phenoxy) is 1. The molecule has 2 aromatic rings. The third-order valence-corrected chi connectivity index (χ3v) is 5.77. The number of nitrogens with one attached hydrogen (secondary N) is 1. The molecule has 0 bridgehead atoms. The van der Waals surface area contributed by atoms with E-state index in [-0.39, 0.29) is 43.3 Å². The Morgan fingerprint density at radius 2 is 1.81 bits per heavy atom. The van der Waals surface area contributed by atoms with E-state index < -0.39 is 12.1 Å². The summed E-state index contributed by atoms with van der Waals surface area (Å²) >= 11 is 0. The molecule has 2 aromatic carbocycles. The summed E-state index contributed by atoms with van der Waals surface area (Å²) in [6.07, 6.45) is 1.06. The highest BCUT2D eigenvalue weighted by Crippen LogP contribution is 2.31. The quantitative estimate of drug-likeness (QED) is 0.673. The van der Waals surface area contributed by atoms with Gasteiger partial charge in [0.2, 0.25) is 11.8 Å². The van der Waals surface area contributed by atoms with Gasteiger partial charge in [0.05, 0.1) is 12.6 Å². The number of carbonyl (C=O) groups is 2. The Morgan fingerprint density at radius 1 is 1.16 bits per heavy atom. The summed E-state index contributed by atoms with van der Waals surface area (Å²) in [5, 5.41) is 13.0. The Kier molecular flexibility index (Phi) is 7.76. The molecule has 2 amide bonds. The van der Waals surface area contributed by atoms with E-state index in [1.165, 1.54) is 12.1 Å². The predicted octanol–water partition coefficient (Wildman–Crippen LogP) is 3.66. The van der Waals surface area contributed by atoms with Crippen molar-refractivity contribution < 1.29 is 23.8 Å². The minimum atomic E-state index is -0.573. The van der Waals surface area contributed by atoms with Crippen LogP contribution in [0.1, 0.15) is 43.9 Å². The zero-order valence-electron chi connectivity index (χ0n) is 17.9. The van der Waals surface area contributed by atoms with Crippen molar-refractivity contribution in [2.75, 3.05) is 18.5 Å². The van der Waals surface area contributed by atoms with Crippen LogP contribution in [0.15, 0.2) is 48.5 Å². The van der Waals surface area contributed by atoms with Gasteiger partial charge in [-0.15, -0.1) is 0 Å². The normalized spacial score (nSPS) is 19.0. The summed E-state index contributed by atoms with van der Waals surface area (Å²) in [7, 11) is 0. The van der Waals surface area contributed by atoms with Crippen molar-refractivity contribution in [1.82, 2.24) is 4.90 Å². The summed E-state index contributed by atoms with van der Waals surface area (Å²) in [6.45, 7) is 3.87. The Labute approximate surface area is 182 Å². The predicted molar refractivity (Wildman–Crippen MR) is 116 cm³/mol. The van der Waals surface area contributed by atoms with E-state index in [1.807, 2.05) is 26.0 Å². The molecule has 31 heavy (non-hydrogen) atoms. The van der Waals surface area contributed by atoms with Crippen molar-refractivity contribution in [2.45, 2.75) is 45.4 Å². The molecule has 1 heterocycles. The fourth-order valence-electron chi connectivity index (χ4n) is 3.87. The van der Waals surface area contributed by atoms with Crippen LogP contribution in [0.2, 0.25) is 0 Å². The number of hydrogen-bond donors (Lipinski definition) is 2. The molecule has 2 unspecified atom stereocenters. The van der Waals surface area contributed by atoms with E-state index in [9.17, 15) is 19.1 Å². The van der Waals surface area contributed by atoms with Crippen LogP contribution in [0, 0.1) is 11.7 Å². The number of carbonyl (C=O) groups excluding carboxylic acids is 2. The minimum Gasteiger partial charge on any atom is -0.394 e. The SMILES string of the molecule is CCC(CC)C(=O)Nc1ccc(C2OCC(=O)N(Cc3ccc(F)cc3)C2CO)cc1. The van der Waals surface area contributed by atoms with Gasteiger partial charge in [-0.3, -0.25) is 9.59 Å². The molecular formula is C24H29FN2O4.